The first-order valence-electron chi connectivity index (χ1n) is 6.21. The van der Waals surface area contributed by atoms with E-state index in [9.17, 15) is 13.2 Å². The summed E-state index contributed by atoms with van der Waals surface area (Å²) in [6.07, 6.45) is -1.40. The van der Waals surface area contributed by atoms with E-state index in [4.69, 9.17) is 5.73 Å². The van der Waals surface area contributed by atoms with Crippen LogP contribution in [0.4, 0.5) is 24.0 Å². The van der Waals surface area contributed by atoms with E-state index in [2.05, 4.69) is 9.69 Å². The number of nitrogens with zero attached hydrogens (tertiary/aromatic N) is 2. The summed E-state index contributed by atoms with van der Waals surface area (Å²) in [5.41, 5.74) is 5.73. The molecule has 0 saturated carbocycles. The van der Waals surface area contributed by atoms with Gasteiger partial charge in [0.25, 0.3) is 0 Å². The number of anilines is 2. The maximum atomic E-state index is 12.3. The Morgan fingerprint density at radius 1 is 1.55 bits per heavy atom. The summed E-state index contributed by atoms with van der Waals surface area (Å²) in [5, 5.41) is 4.16. The average molecular weight is 326 g/mol. The molecule has 9 heteroatoms. The largest absolute Gasteiger partial charge is 0.401 e. The highest BCUT2D eigenvalue weighted by molar-refractivity contribution is 7.99. The van der Waals surface area contributed by atoms with Crippen LogP contribution in [0.1, 0.15) is 6.42 Å². The molecule has 4 nitrogen and oxygen atoms in total. The van der Waals surface area contributed by atoms with Gasteiger partial charge in [-0.15, -0.1) is 11.8 Å². The molecule has 2 heterocycles. The van der Waals surface area contributed by atoms with E-state index in [0.29, 0.717) is 25.5 Å². The Bertz CT molecular complexity index is 449. The van der Waals surface area contributed by atoms with Crippen molar-refractivity contribution in [3.8, 4) is 0 Å². The van der Waals surface area contributed by atoms with Crippen LogP contribution >= 0.6 is 23.3 Å². The van der Waals surface area contributed by atoms with Crippen LogP contribution < -0.4 is 11.1 Å². The zero-order chi connectivity index (χ0) is 14.8. The van der Waals surface area contributed by atoms with Gasteiger partial charge in [0.15, 0.2) is 5.82 Å². The summed E-state index contributed by atoms with van der Waals surface area (Å²) < 4.78 is 41.0. The Kier molecular flexibility index (Phi) is 5.03. The van der Waals surface area contributed by atoms with Crippen molar-refractivity contribution in [2.45, 2.75) is 17.5 Å². The monoisotopic (exact) mass is 326 g/mol. The summed E-state index contributed by atoms with van der Waals surface area (Å²) in [5.74, 6) is 0.741. The molecule has 20 heavy (non-hydrogen) atoms. The molecule has 0 spiro atoms. The predicted octanol–water partition coefficient (Wildman–Crippen LogP) is 2.74. The van der Waals surface area contributed by atoms with Crippen LogP contribution in [0.3, 0.4) is 0 Å². The molecular formula is C11H17F3N4S2. The van der Waals surface area contributed by atoms with Crippen molar-refractivity contribution in [1.82, 2.24) is 9.27 Å². The normalized spacial score (nSPS) is 20.5. The second kappa shape index (κ2) is 6.40. The first-order valence-corrected chi connectivity index (χ1v) is 8.21. The Labute approximate surface area is 124 Å². The van der Waals surface area contributed by atoms with Gasteiger partial charge in [0.1, 0.15) is 5.00 Å². The van der Waals surface area contributed by atoms with E-state index in [1.165, 1.54) is 28.2 Å². The molecule has 1 unspecified atom stereocenters. The maximum absolute atomic E-state index is 12.3. The number of nitrogens with two attached hydrogens (primary N) is 1. The molecule has 114 valence electrons. The molecule has 0 radical (unpaired) electrons. The minimum absolute atomic E-state index is 0.232. The average Bonchev–Trinajstić information content (AvgIpc) is 2.91. The van der Waals surface area contributed by atoms with Crippen molar-refractivity contribution in [2.75, 3.05) is 43.5 Å². The van der Waals surface area contributed by atoms with E-state index in [0.717, 1.165) is 16.3 Å². The zero-order valence-electron chi connectivity index (χ0n) is 11.0. The van der Waals surface area contributed by atoms with Crippen molar-refractivity contribution in [1.29, 1.82) is 0 Å². The van der Waals surface area contributed by atoms with Gasteiger partial charge in [-0.1, -0.05) is 0 Å². The molecule has 0 bridgehead atoms. The van der Waals surface area contributed by atoms with Crippen molar-refractivity contribution in [3.05, 3.63) is 0 Å². The van der Waals surface area contributed by atoms with E-state index in [1.807, 2.05) is 6.26 Å². The summed E-state index contributed by atoms with van der Waals surface area (Å²) in [7, 11) is 0. The Morgan fingerprint density at radius 3 is 2.95 bits per heavy atom. The lowest BCUT2D eigenvalue weighted by Crippen LogP contribution is -2.33. The molecule has 1 saturated heterocycles. The second-order valence-corrected chi connectivity index (χ2v) is 6.41. The summed E-state index contributed by atoms with van der Waals surface area (Å²) >= 11 is 2.82. The highest BCUT2D eigenvalue weighted by Crippen LogP contribution is 2.35. The van der Waals surface area contributed by atoms with E-state index >= 15 is 0 Å². The molecule has 0 aliphatic carbocycles. The van der Waals surface area contributed by atoms with Gasteiger partial charge in [0, 0.05) is 13.1 Å². The van der Waals surface area contributed by atoms with Gasteiger partial charge >= 0.3 is 6.18 Å². The molecular weight excluding hydrogens is 309 g/mol. The van der Waals surface area contributed by atoms with Crippen LogP contribution in [0.25, 0.3) is 0 Å². The third-order valence-electron chi connectivity index (χ3n) is 3.20. The third-order valence-corrected chi connectivity index (χ3v) is 4.97. The lowest BCUT2D eigenvalue weighted by atomic mass is 10.1. The van der Waals surface area contributed by atoms with Crippen molar-refractivity contribution in [2.24, 2.45) is 5.92 Å². The number of halogens is 3. The number of nitrogen functional groups attached to an aromatic ring is 1. The smallest absolute Gasteiger partial charge is 0.382 e. The predicted molar refractivity (Wildman–Crippen MR) is 77.4 cm³/mol. The van der Waals surface area contributed by atoms with Gasteiger partial charge in [-0.05, 0) is 36.7 Å². The number of rotatable bonds is 5. The highest BCUT2D eigenvalue weighted by Gasteiger charge is 2.34. The highest BCUT2D eigenvalue weighted by atomic mass is 32.2. The topological polar surface area (TPSA) is 54.2 Å². The molecule has 1 aliphatic rings. The van der Waals surface area contributed by atoms with Gasteiger partial charge in [-0.25, -0.2) is 0 Å². The Balaban J connectivity index is 1.81. The van der Waals surface area contributed by atoms with Gasteiger partial charge in [-0.2, -0.15) is 17.5 Å². The molecule has 1 atom stereocenters. The molecule has 1 aromatic rings. The Hall–Kier alpha value is -0.670. The van der Waals surface area contributed by atoms with Crippen LogP contribution in [0.15, 0.2) is 4.90 Å². The number of hydrogen-bond acceptors (Lipinski definition) is 6. The van der Waals surface area contributed by atoms with Crippen LogP contribution in [0.5, 0.6) is 0 Å². The summed E-state index contributed by atoms with van der Waals surface area (Å²) in [6.45, 7) is 0.831. The number of hydrogen-bond donors (Lipinski definition) is 2. The molecule has 1 aromatic heterocycles. The minimum Gasteiger partial charge on any atom is -0.382 e. The van der Waals surface area contributed by atoms with Gasteiger partial charge in [0.05, 0.1) is 11.4 Å². The van der Waals surface area contributed by atoms with Gasteiger partial charge in [-0.3, -0.25) is 4.90 Å². The van der Waals surface area contributed by atoms with Crippen LogP contribution in [0, 0.1) is 5.92 Å². The fourth-order valence-corrected chi connectivity index (χ4v) is 3.87. The zero-order valence-corrected chi connectivity index (χ0v) is 12.7. The van der Waals surface area contributed by atoms with Gasteiger partial charge in [0.2, 0.25) is 0 Å². The minimum atomic E-state index is -4.11. The molecule has 3 N–H and O–H groups in total. The third kappa shape index (κ3) is 4.16. The van der Waals surface area contributed by atoms with Crippen molar-refractivity contribution < 1.29 is 13.2 Å². The number of aromatic nitrogens is 1. The fourth-order valence-electron chi connectivity index (χ4n) is 2.32. The second-order valence-electron chi connectivity index (χ2n) is 4.82. The van der Waals surface area contributed by atoms with Crippen LogP contribution in [-0.2, 0) is 0 Å². The first kappa shape index (κ1) is 15.7. The standard InChI is InChI=1S/C11H17F3N4S2/c1-19-8-9(15)17-20-10(8)16-4-7-2-3-18(5-7)6-11(12,13)14/h7,16H,2-6H2,1H3,(H2,15,17). The lowest BCUT2D eigenvalue weighted by molar-refractivity contribution is -0.143. The van der Waals surface area contributed by atoms with Crippen molar-refractivity contribution >= 4 is 34.1 Å². The molecule has 1 fully saturated rings. The lowest BCUT2D eigenvalue weighted by Gasteiger charge is -2.18. The van der Waals surface area contributed by atoms with E-state index in [1.54, 1.807) is 0 Å². The van der Waals surface area contributed by atoms with E-state index < -0.39 is 12.7 Å². The van der Waals surface area contributed by atoms with Crippen molar-refractivity contribution in [3.63, 3.8) is 0 Å². The number of likely N-dealkylation sites (tertiary alicyclic amines) is 1. The number of alkyl halides is 3. The maximum Gasteiger partial charge on any atom is 0.401 e. The summed E-state index contributed by atoms with van der Waals surface area (Å²) in [4.78, 5) is 2.38. The fraction of sp³-hybridized carbons (Fsp3) is 0.727. The first-order chi connectivity index (χ1) is 9.39. The quantitative estimate of drug-likeness (QED) is 0.815. The molecule has 0 amide bonds. The van der Waals surface area contributed by atoms with Gasteiger partial charge < -0.3 is 11.1 Å². The van der Waals surface area contributed by atoms with E-state index in [-0.39, 0.29) is 5.92 Å². The molecule has 1 aliphatic heterocycles. The molecule has 2 rings (SSSR count). The van der Waals surface area contributed by atoms with Crippen LogP contribution in [-0.4, -0.2) is 47.9 Å². The SMILES string of the molecule is CSc1c(N)nsc1NCC1CCN(CC(F)(F)F)C1. The number of thioether (sulfide) groups is 1. The number of nitrogens with one attached hydrogen (secondary N) is 1. The summed E-state index contributed by atoms with van der Waals surface area (Å²) in [6, 6.07) is 0. The molecule has 0 aromatic carbocycles. The van der Waals surface area contributed by atoms with Crippen LogP contribution in [0.2, 0.25) is 0 Å². The Morgan fingerprint density at radius 2 is 2.30 bits per heavy atom.